The molecule has 0 aliphatic carbocycles. The summed E-state index contributed by atoms with van der Waals surface area (Å²) in [6.07, 6.45) is 0. The Bertz CT molecular complexity index is 783. The fraction of sp³-hybridized carbons (Fsp3) is 0.222. The first-order valence-electron chi connectivity index (χ1n) is 7.51. The number of hydrogen-bond acceptors (Lipinski definition) is 6. The average molecular weight is 380 g/mol. The van der Waals surface area contributed by atoms with Crippen molar-refractivity contribution in [2.45, 2.75) is 0 Å². The Morgan fingerprint density at radius 1 is 1.00 bits per heavy atom. The van der Waals surface area contributed by atoms with Crippen LogP contribution in [0.2, 0.25) is 5.02 Å². The molecular weight excluding hydrogens is 362 g/mol. The number of anilines is 1. The molecular formula is C18H18ClNO6. The summed E-state index contributed by atoms with van der Waals surface area (Å²) in [6, 6.07) is 9.40. The van der Waals surface area contributed by atoms with Crippen LogP contribution in [0.25, 0.3) is 0 Å². The monoisotopic (exact) mass is 379 g/mol. The van der Waals surface area contributed by atoms with Crippen molar-refractivity contribution in [2.24, 2.45) is 0 Å². The highest BCUT2D eigenvalue weighted by Crippen LogP contribution is 2.39. The summed E-state index contributed by atoms with van der Waals surface area (Å²) in [5.41, 5.74) is 0.668. The van der Waals surface area contributed by atoms with E-state index in [2.05, 4.69) is 5.32 Å². The van der Waals surface area contributed by atoms with Crippen molar-refractivity contribution in [1.29, 1.82) is 0 Å². The van der Waals surface area contributed by atoms with E-state index in [1.165, 1.54) is 27.4 Å². The summed E-state index contributed by atoms with van der Waals surface area (Å²) in [5.74, 6) is 0.0127. The van der Waals surface area contributed by atoms with Gasteiger partial charge in [0.1, 0.15) is 0 Å². The van der Waals surface area contributed by atoms with Crippen molar-refractivity contribution in [2.75, 3.05) is 33.3 Å². The van der Waals surface area contributed by atoms with Gasteiger partial charge < -0.3 is 24.3 Å². The van der Waals surface area contributed by atoms with Gasteiger partial charge >= 0.3 is 5.97 Å². The Morgan fingerprint density at radius 2 is 1.65 bits per heavy atom. The van der Waals surface area contributed by atoms with Gasteiger partial charge in [0.05, 0.1) is 26.9 Å². The summed E-state index contributed by atoms with van der Waals surface area (Å²) in [6.45, 7) is -0.456. The van der Waals surface area contributed by atoms with Crippen LogP contribution in [0, 0.1) is 0 Å². The van der Waals surface area contributed by atoms with Gasteiger partial charge in [-0.15, -0.1) is 0 Å². The van der Waals surface area contributed by atoms with Crippen molar-refractivity contribution < 1.29 is 28.5 Å². The molecule has 0 saturated carbocycles. The van der Waals surface area contributed by atoms with Gasteiger partial charge in [0.15, 0.2) is 18.1 Å². The molecule has 0 heterocycles. The molecule has 26 heavy (non-hydrogen) atoms. The standard InChI is InChI=1S/C18H18ClNO6/c1-23-14-8-13(9-15(24-2)17(14)25-3)20-16(21)10-26-18(22)11-5-4-6-12(19)7-11/h4-9H,10H2,1-3H3,(H,20,21). The van der Waals surface area contributed by atoms with Crippen molar-refractivity contribution in [3.8, 4) is 17.2 Å². The summed E-state index contributed by atoms with van der Waals surface area (Å²) in [7, 11) is 4.42. The Balaban J connectivity index is 2.02. The quantitative estimate of drug-likeness (QED) is 0.744. The third-order valence-electron chi connectivity index (χ3n) is 3.34. The molecule has 0 aliphatic heterocycles. The predicted molar refractivity (Wildman–Crippen MR) is 96.5 cm³/mol. The molecule has 0 fully saturated rings. The molecule has 1 N–H and O–H groups in total. The number of nitrogens with one attached hydrogen (secondary N) is 1. The number of amides is 1. The van der Waals surface area contributed by atoms with Crippen LogP contribution >= 0.6 is 11.6 Å². The van der Waals surface area contributed by atoms with Crippen LogP contribution in [-0.2, 0) is 9.53 Å². The molecule has 0 aromatic heterocycles. The lowest BCUT2D eigenvalue weighted by atomic mass is 10.2. The summed E-state index contributed by atoms with van der Waals surface area (Å²) >= 11 is 5.82. The number of esters is 1. The summed E-state index contributed by atoms with van der Waals surface area (Å²) in [4.78, 5) is 24.0. The molecule has 0 spiro atoms. The Kier molecular flexibility index (Phi) is 6.68. The first-order valence-corrected chi connectivity index (χ1v) is 7.88. The first kappa shape index (κ1) is 19.4. The van der Waals surface area contributed by atoms with Gasteiger partial charge in [-0.25, -0.2) is 4.79 Å². The molecule has 0 aliphatic rings. The van der Waals surface area contributed by atoms with Gasteiger partial charge in [0, 0.05) is 22.8 Å². The third kappa shape index (κ3) is 4.80. The van der Waals surface area contributed by atoms with E-state index < -0.39 is 18.5 Å². The number of ether oxygens (including phenoxy) is 4. The van der Waals surface area contributed by atoms with Gasteiger partial charge in [-0.2, -0.15) is 0 Å². The summed E-state index contributed by atoms with van der Waals surface area (Å²) in [5, 5.41) is 3.01. The van der Waals surface area contributed by atoms with E-state index in [1.54, 1.807) is 30.3 Å². The number of hydrogen-bond donors (Lipinski definition) is 1. The minimum atomic E-state index is -0.646. The van der Waals surface area contributed by atoms with E-state index in [-0.39, 0.29) is 5.56 Å². The van der Waals surface area contributed by atoms with Crippen LogP contribution in [0.1, 0.15) is 10.4 Å². The number of carbonyl (C=O) groups is 2. The average Bonchev–Trinajstić information content (AvgIpc) is 2.65. The molecule has 7 nitrogen and oxygen atoms in total. The second kappa shape index (κ2) is 8.96. The highest BCUT2D eigenvalue weighted by molar-refractivity contribution is 6.30. The second-order valence-electron chi connectivity index (χ2n) is 5.05. The van der Waals surface area contributed by atoms with Crippen LogP contribution in [0.3, 0.4) is 0 Å². The Hall–Kier alpha value is -2.93. The van der Waals surface area contributed by atoms with Crippen molar-refractivity contribution in [3.05, 3.63) is 47.0 Å². The zero-order chi connectivity index (χ0) is 19.1. The number of halogens is 1. The van der Waals surface area contributed by atoms with Crippen LogP contribution in [-0.4, -0.2) is 39.8 Å². The topological polar surface area (TPSA) is 83.1 Å². The molecule has 0 atom stereocenters. The molecule has 8 heteroatoms. The van der Waals surface area contributed by atoms with Gasteiger partial charge in [0.25, 0.3) is 5.91 Å². The maximum absolute atomic E-state index is 12.0. The fourth-order valence-electron chi connectivity index (χ4n) is 2.18. The van der Waals surface area contributed by atoms with Gasteiger partial charge in [-0.1, -0.05) is 17.7 Å². The Morgan fingerprint density at radius 3 is 2.19 bits per heavy atom. The third-order valence-corrected chi connectivity index (χ3v) is 3.58. The smallest absolute Gasteiger partial charge is 0.338 e. The van der Waals surface area contributed by atoms with Crippen LogP contribution < -0.4 is 19.5 Å². The number of benzene rings is 2. The highest BCUT2D eigenvalue weighted by atomic mass is 35.5. The number of rotatable bonds is 7. The predicted octanol–water partition coefficient (Wildman–Crippen LogP) is 3.16. The van der Waals surface area contributed by atoms with Crippen molar-refractivity contribution >= 4 is 29.2 Å². The maximum Gasteiger partial charge on any atom is 0.338 e. The molecule has 0 unspecified atom stereocenters. The SMILES string of the molecule is COc1cc(NC(=O)COC(=O)c2cccc(Cl)c2)cc(OC)c1OC. The molecule has 1 amide bonds. The van der Waals surface area contributed by atoms with Gasteiger partial charge in [0.2, 0.25) is 5.75 Å². The molecule has 2 rings (SSSR count). The van der Waals surface area contributed by atoms with E-state index >= 15 is 0 Å². The summed E-state index contributed by atoms with van der Waals surface area (Å²) < 4.78 is 20.6. The normalized spacial score (nSPS) is 10.0. The van der Waals surface area contributed by atoms with E-state index in [9.17, 15) is 9.59 Å². The van der Waals surface area contributed by atoms with Crippen LogP contribution in [0.4, 0.5) is 5.69 Å². The fourth-order valence-corrected chi connectivity index (χ4v) is 2.37. The molecule has 0 saturated heterocycles. The van der Waals surface area contributed by atoms with E-state index in [4.69, 9.17) is 30.5 Å². The number of carbonyl (C=O) groups excluding carboxylic acids is 2. The van der Waals surface area contributed by atoms with Gasteiger partial charge in [-0.05, 0) is 18.2 Å². The minimum Gasteiger partial charge on any atom is -0.493 e. The van der Waals surface area contributed by atoms with Crippen LogP contribution in [0.15, 0.2) is 36.4 Å². The van der Waals surface area contributed by atoms with E-state index in [1.807, 2.05) is 0 Å². The molecule has 138 valence electrons. The van der Waals surface area contributed by atoms with E-state index in [0.717, 1.165) is 0 Å². The van der Waals surface area contributed by atoms with Crippen LogP contribution in [0.5, 0.6) is 17.2 Å². The zero-order valence-electron chi connectivity index (χ0n) is 14.5. The lowest BCUT2D eigenvalue weighted by Gasteiger charge is -2.14. The highest BCUT2D eigenvalue weighted by Gasteiger charge is 2.15. The van der Waals surface area contributed by atoms with Crippen molar-refractivity contribution in [3.63, 3.8) is 0 Å². The molecule has 0 bridgehead atoms. The Labute approximate surface area is 155 Å². The lowest BCUT2D eigenvalue weighted by molar-refractivity contribution is -0.119. The largest absolute Gasteiger partial charge is 0.493 e. The first-order chi connectivity index (χ1) is 12.5. The molecule has 0 radical (unpaired) electrons. The second-order valence-corrected chi connectivity index (χ2v) is 5.49. The van der Waals surface area contributed by atoms with E-state index in [0.29, 0.717) is 28.0 Å². The molecule has 2 aromatic rings. The molecule has 2 aromatic carbocycles. The van der Waals surface area contributed by atoms with Crippen molar-refractivity contribution in [1.82, 2.24) is 0 Å². The maximum atomic E-state index is 12.0. The van der Waals surface area contributed by atoms with Gasteiger partial charge in [-0.3, -0.25) is 4.79 Å². The minimum absolute atomic E-state index is 0.262. The lowest BCUT2D eigenvalue weighted by Crippen LogP contribution is -2.21. The zero-order valence-corrected chi connectivity index (χ0v) is 15.3. The number of methoxy groups -OCH3 is 3.